The lowest BCUT2D eigenvalue weighted by Gasteiger charge is -2.21. The molecule has 0 bridgehead atoms. The first kappa shape index (κ1) is 14.1. The van der Waals surface area contributed by atoms with Crippen LogP contribution in [0.25, 0.3) is 0 Å². The third-order valence-electron chi connectivity index (χ3n) is 4.87. The molecule has 0 spiro atoms. The van der Waals surface area contributed by atoms with Gasteiger partial charge in [-0.15, -0.1) is 0 Å². The van der Waals surface area contributed by atoms with E-state index in [1.165, 1.54) is 24.0 Å². The third kappa shape index (κ3) is 2.55. The Morgan fingerprint density at radius 3 is 2.57 bits per heavy atom. The predicted octanol–water partition coefficient (Wildman–Crippen LogP) is 2.50. The first-order valence-corrected chi connectivity index (χ1v) is 7.64. The smallest absolute Gasteiger partial charge is 0.311 e. The molecule has 0 radical (unpaired) electrons. The largest absolute Gasteiger partial charge is 0.481 e. The van der Waals surface area contributed by atoms with Crippen LogP contribution in [0, 0.1) is 5.41 Å². The molecule has 1 aromatic carbocycles. The van der Waals surface area contributed by atoms with Gasteiger partial charge in [-0.25, -0.2) is 0 Å². The molecule has 0 saturated carbocycles. The van der Waals surface area contributed by atoms with Gasteiger partial charge in [-0.3, -0.25) is 9.59 Å². The maximum absolute atomic E-state index is 12.6. The number of rotatable bonds is 2. The molecule has 1 N–H and O–H groups in total. The topological polar surface area (TPSA) is 57.6 Å². The Hall–Kier alpha value is -1.84. The summed E-state index contributed by atoms with van der Waals surface area (Å²) in [5.41, 5.74) is 2.54. The lowest BCUT2D eigenvalue weighted by molar-refractivity contribution is -0.147. The van der Waals surface area contributed by atoms with Gasteiger partial charge in [0.2, 0.25) is 0 Å². The van der Waals surface area contributed by atoms with E-state index in [4.69, 9.17) is 0 Å². The number of carbonyl (C=O) groups is 2. The van der Waals surface area contributed by atoms with Crippen molar-refractivity contribution in [2.45, 2.75) is 39.0 Å². The van der Waals surface area contributed by atoms with E-state index >= 15 is 0 Å². The zero-order valence-corrected chi connectivity index (χ0v) is 12.4. The van der Waals surface area contributed by atoms with Crippen LogP contribution in [0.15, 0.2) is 18.2 Å². The third-order valence-corrected chi connectivity index (χ3v) is 4.87. The fourth-order valence-corrected chi connectivity index (χ4v) is 3.36. The first-order valence-electron chi connectivity index (χ1n) is 7.64. The average molecular weight is 287 g/mol. The van der Waals surface area contributed by atoms with Crippen molar-refractivity contribution in [2.75, 3.05) is 13.1 Å². The van der Waals surface area contributed by atoms with Crippen LogP contribution in [-0.4, -0.2) is 35.0 Å². The highest BCUT2D eigenvalue weighted by Crippen LogP contribution is 2.31. The second-order valence-corrected chi connectivity index (χ2v) is 6.53. The Morgan fingerprint density at radius 2 is 1.90 bits per heavy atom. The minimum atomic E-state index is -0.816. The van der Waals surface area contributed by atoms with E-state index in [0.717, 1.165) is 12.8 Å². The van der Waals surface area contributed by atoms with Crippen molar-refractivity contribution >= 4 is 11.9 Å². The van der Waals surface area contributed by atoms with Crippen molar-refractivity contribution in [3.63, 3.8) is 0 Å². The standard InChI is InChI=1S/C17H21NO3/c1-17(16(20)21)8-9-18(11-17)15(19)14-7-6-12-4-2-3-5-13(12)10-14/h6-7,10H,2-5,8-9,11H2,1H3,(H,20,21). The van der Waals surface area contributed by atoms with Crippen molar-refractivity contribution in [2.24, 2.45) is 5.41 Å². The van der Waals surface area contributed by atoms with Crippen molar-refractivity contribution in [3.8, 4) is 0 Å². The monoisotopic (exact) mass is 287 g/mol. The number of likely N-dealkylation sites (tertiary alicyclic amines) is 1. The summed E-state index contributed by atoms with van der Waals surface area (Å²) in [5, 5.41) is 9.26. The molecule has 1 aromatic rings. The van der Waals surface area contributed by atoms with Crippen LogP contribution >= 0.6 is 0 Å². The number of nitrogens with zero attached hydrogens (tertiary/aromatic N) is 1. The first-order chi connectivity index (χ1) is 9.99. The van der Waals surface area contributed by atoms with Gasteiger partial charge < -0.3 is 10.0 Å². The van der Waals surface area contributed by atoms with E-state index < -0.39 is 11.4 Å². The van der Waals surface area contributed by atoms with Crippen molar-refractivity contribution in [1.29, 1.82) is 0 Å². The lowest BCUT2D eigenvalue weighted by Crippen LogP contribution is -2.34. The molecule has 4 heteroatoms. The molecule has 1 unspecified atom stereocenters. The second kappa shape index (κ2) is 5.17. The molecule has 1 aliphatic carbocycles. The van der Waals surface area contributed by atoms with Crippen LogP contribution in [0.3, 0.4) is 0 Å². The van der Waals surface area contributed by atoms with E-state index in [-0.39, 0.29) is 5.91 Å². The summed E-state index contributed by atoms with van der Waals surface area (Å²) >= 11 is 0. The number of aryl methyl sites for hydroxylation is 2. The molecule has 1 amide bonds. The molecular weight excluding hydrogens is 266 g/mol. The van der Waals surface area contributed by atoms with Gasteiger partial charge in [0.15, 0.2) is 0 Å². The molecule has 1 fully saturated rings. The summed E-state index contributed by atoms with van der Waals surface area (Å²) in [6.07, 6.45) is 5.09. The van der Waals surface area contributed by atoms with Crippen LogP contribution in [0.1, 0.15) is 47.7 Å². The maximum Gasteiger partial charge on any atom is 0.311 e. The quantitative estimate of drug-likeness (QED) is 0.909. The number of aliphatic carboxylic acids is 1. The highest BCUT2D eigenvalue weighted by atomic mass is 16.4. The van der Waals surface area contributed by atoms with Gasteiger partial charge >= 0.3 is 5.97 Å². The van der Waals surface area contributed by atoms with Crippen molar-refractivity contribution < 1.29 is 14.7 Å². The Kier molecular flexibility index (Phi) is 3.47. The average Bonchev–Trinajstić information content (AvgIpc) is 2.90. The van der Waals surface area contributed by atoms with Gasteiger partial charge in [0.25, 0.3) is 5.91 Å². The van der Waals surface area contributed by atoms with Crippen LogP contribution in [0.4, 0.5) is 0 Å². The van der Waals surface area contributed by atoms with Crippen LogP contribution in [0.5, 0.6) is 0 Å². The molecule has 1 atom stereocenters. The SMILES string of the molecule is CC1(C(=O)O)CCN(C(=O)c2ccc3c(c2)CCCC3)C1. The van der Waals surface area contributed by atoms with Gasteiger partial charge in [0, 0.05) is 18.7 Å². The molecule has 21 heavy (non-hydrogen) atoms. The molecule has 2 aliphatic rings. The Morgan fingerprint density at radius 1 is 1.19 bits per heavy atom. The lowest BCUT2D eigenvalue weighted by atomic mass is 9.90. The molecule has 1 saturated heterocycles. The van der Waals surface area contributed by atoms with E-state index in [1.54, 1.807) is 11.8 Å². The minimum absolute atomic E-state index is 0.0339. The van der Waals surface area contributed by atoms with Crippen LogP contribution in [0.2, 0.25) is 0 Å². The molecule has 4 nitrogen and oxygen atoms in total. The Bertz CT molecular complexity index is 596. The van der Waals surface area contributed by atoms with E-state index in [9.17, 15) is 14.7 Å². The summed E-state index contributed by atoms with van der Waals surface area (Å²) in [6, 6.07) is 5.96. The Balaban J connectivity index is 1.79. The van der Waals surface area contributed by atoms with Crippen molar-refractivity contribution in [3.05, 3.63) is 34.9 Å². The van der Waals surface area contributed by atoms with Crippen LogP contribution in [-0.2, 0) is 17.6 Å². The molecule has 3 rings (SSSR count). The molecule has 1 heterocycles. The number of carbonyl (C=O) groups excluding carboxylic acids is 1. The summed E-state index contributed by atoms with van der Waals surface area (Å²) in [6.45, 7) is 2.55. The number of benzene rings is 1. The number of fused-ring (bicyclic) bond motifs is 1. The zero-order chi connectivity index (χ0) is 15.0. The zero-order valence-electron chi connectivity index (χ0n) is 12.4. The van der Waals surface area contributed by atoms with Gasteiger partial charge in [0.05, 0.1) is 5.41 Å². The highest BCUT2D eigenvalue weighted by molar-refractivity contribution is 5.95. The highest BCUT2D eigenvalue weighted by Gasteiger charge is 2.42. The fourth-order valence-electron chi connectivity index (χ4n) is 3.36. The molecule has 1 aliphatic heterocycles. The summed E-state index contributed by atoms with van der Waals surface area (Å²) in [4.78, 5) is 25.5. The summed E-state index contributed by atoms with van der Waals surface area (Å²) < 4.78 is 0. The maximum atomic E-state index is 12.6. The number of carboxylic acid groups (broad SMARTS) is 1. The van der Waals surface area contributed by atoms with E-state index in [1.807, 2.05) is 12.1 Å². The number of amides is 1. The van der Waals surface area contributed by atoms with E-state index in [2.05, 4.69) is 6.07 Å². The molecule has 0 aromatic heterocycles. The second-order valence-electron chi connectivity index (χ2n) is 6.53. The number of hydrogen-bond donors (Lipinski definition) is 1. The van der Waals surface area contributed by atoms with Crippen molar-refractivity contribution in [1.82, 2.24) is 4.90 Å². The normalized spacial score (nSPS) is 24.7. The number of hydrogen-bond acceptors (Lipinski definition) is 2. The van der Waals surface area contributed by atoms with E-state index in [0.29, 0.717) is 25.1 Å². The van der Waals surface area contributed by atoms with Crippen LogP contribution < -0.4 is 0 Å². The van der Waals surface area contributed by atoms with Gasteiger partial charge in [-0.2, -0.15) is 0 Å². The summed E-state index contributed by atoms with van der Waals surface area (Å²) in [7, 11) is 0. The molecular formula is C17H21NO3. The summed E-state index contributed by atoms with van der Waals surface area (Å²) in [5.74, 6) is -0.850. The minimum Gasteiger partial charge on any atom is -0.481 e. The molecule has 112 valence electrons. The number of carboxylic acids is 1. The Labute approximate surface area is 124 Å². The fraction of sp³-hybridized carbons (Fsp3) is 0.529. The van der Waals surface area contributed by atoms with Gasteiger partial charge in [0.1, 0.15) is 0 Å². The predicted molar refractivity (Wildman–Crippen MR) is 79.3 cm³/mol. The van der Waals surface area contributed by atoms with Gasteiger partial charge in [-0.1, -0.05) is 6.07 Å². The van der Waals surface area contributed by atoms with Gasteiger partial charge in [-0.05, 0) is 62.3 Å².